The second-order valence-corrected chi connectivity index (χ2v) is 7.52. The molecule has 2 aromatic heterocycles. The number of anilines is 1. The van der Waals surface area contributed by atoms with E-state index in [4.69, 9.17) is 4.74 Å². The Labute approximate surface area is 181 Å². The number of carbonyl (C=O) groups is 1. The molecule has 0 atom stereocenters. The van der Waals surface area contributed by atoms with Crippen molar-refractivity contribution in [3.05, 3.63) is 65.7 Å². The Morgan fingerprint density at radius 1 is 0.968 bits per heavy atom. The molecule has 2 heterocycles. The molecular formula is C22H18N6O2S. The summed E-state index contributed by atoms with van der Waals surface area (Å²) >= 11 is 1.13. The van der Waals surface area contributed by atoms with Gasteiger partial charge < -0.3 is 10.1 Å². The second kappa shape index (κ2) is 7.77. The van der Waals surface area contributed by atoms with Crippen molar-refractivity contribution >= 4 is 45.4 Å². The molecule has 0 unspecified atom stereocenters. The van der Waals surface area contributed by atoms with E-state index >= 15 is 0 Å². The van der Waals surface area contributed by atoms with E-state index in [1.807, 2.05) is 50.2 Å². The van der Waals surface area contributed by atoms with Crippen molar-refractivity contribution in [2.24, 2.45) is 0 Å². The number of ether oxygens (including phenoxy) is 1. The number of amides is 1. The van der Waals surface area contributed by atoms with E-state index in [1.165, 1.54) is 0 Å². The number of rotatable bonds is 5. The number of carbonyl (C=O) groups excluding carboxylic acids is 1. The van der Waals surface area contributed by atoms with Crippen molar-refractivity contribution in [1.82, 2.24) is 23.7 Å². The maximum absolute atomic E-state index is 12.8. The highest BCUT2D eigenvalue weighted by atomic mass is 32.1. The first kappa shape index (κ1) is 19.1. The lowest BCUT2D eigenvalue weighted by atomic mass is 10.1. The molecule has 31 heavy (non-hydrogen) atoms. The zero-order valence-electron chi connectivity index (χ0n) is 16.9. The van der Waals surface area contributed by atoms with Crippen molar-refractivity contribution in [1.29, 1.82) is 0 Å². The number of nitrogens with one attached hydrogen (secondary N) is 1. The number of nitrogens with zero attached hydrogens (tertiary/aromatic N) is 5. The molecule has 154 valence electrons. The lowest BCUT2D eigenvalue weighted by Crippen LogP contribution is -2.12. The van der Waals surface area contributed by atoms with E-state index in [2.05, 4.69) is 24.3 Å². The highest BCUT2D eigenvalue weighted by Gasteiger charge is 2.13. The van der Waals surface area contributed by atoms with Crippen LogP contribution >= 0.6 is 11.7 Å². The molecule has 0 spiro atoms. The normalized spacial score (nSPS) is 11.2. The van der Waals surface area contributed by atoms with Crippen molar-refractivity contribution in [2.75, 3.05) is 11.9 Å². The molecule has 5 aromatic rings. The van der Waals surface area contributed by atoms with Gasteiger partial charge in [-0.25, -0.2) is 0 Å². The first-order chi connectivity index (χ1) is 15.1. The van der Waals surface area contributed by atoms with Gasteiger partial charge in [0.2, 0.25) is 0 Å². The first-order valence-corrected chi connectivity index (χ1v) is 10.5. The zero-order valence-corrected chi connectivity index (χ0v) is 17.7. The Bertz CT molecular complexity index is 1410. The van der Waals surface area contributed by atoms with Crippen LogP contribution in [0.1, 0.15) is 22.8 Å². The Balaban J connectivity index is 1.42. The Morgan fingerprint density at radius 2 is 1.71 bits per heavy atom. The minimum absolute atomic E-state index is 0.212. The van der Waals surface area contributed by atoms with Crippen LogP contribution in [0.2, 0.25) is 0 Å². The fraction of sp³-hybridized carbons (Fsp3) is 0.136. The Kier molecular flexibility index (Phi) is 4.79. The van der Waals surface area contributed by atoms with Crippen LogP contribution in [0.5, 0.6) is 5.75 Å². The fourth-order valence-electron chi connectivity index (χ4n) is 3.28. The summed E-state index contributed by atoms with van der Waals surface area (Å²) in [7, 11) is 0. The molecule has 0 fully saturated rings. The van der Waals surface area contributed by atoms with Crippen molar-refractivity contribution < 1.29 is 9.53 Å². The molecule has 1 amide bonds. The Hall–Kier alpha value is -3.85. The van der Waals surface area contributed by atoms with Crippen molar-refractivity contribution in [3.8, 4) is 11.4 Å². The average Bonchev–Trinajstić information content (AvgIpc) is 3.40. The van der Waals surface area contributed by atoms with Gasteiger partial charge in [-0.2, -0.15) is 13.5 Å². The molecule has 0 saturated heterocycles. The van der Waals surface area contributed by atoms with Crippen LogP contribution in [0.15, 0.2) is 54.6 Å². The number of hydrogen-bond donors (Lipinski definition) is 1. The van der Waals surface area contributed by atoms with E-state index in [0.717, 1.165) is 39.8 Å². The summed E-state index contributed by atoms with van der Waals surface area (Å²) < 4.78 is 13.8. The van der Waals surface area contributed by atoms with Crippen molar-refractivity contribution in [3.63, 3.8) is 0 Å². The highest BCUT2D eigenvalue weighted by Crippen LogP contribution is 2.24. The lowest BCUT2D eigenvalue weighted by molar-refractivity contribution is 0.102. The van der Waals surface area contributed by atoms with Gasteiger partial charge >= 0.3 is 0 Å². The molecule has 0 aliphatic heterocycles. The van der Waals surface area contributed by atoms with Gasteiger partial charge in [0.1, 0.15) is 27.8 Å². The van der Waals surface area contributed by atoms with E-state index in [9.17, 15) is 4.79 Å². The van der Waals surface area contributed by atoms with Gasteiger partial charge in [0.25, 0.3) is 5.91 Å². The standard InChI is InChI=1S/C22H18N6O2S/c1-3-30-16-7-5-15(6-8-16)28-24-19-10-13(2)18(12-20(19)25-28)23-22(29)14-4-9-17-21(11-14)27-31-26-17/h4-12H,3H2,1-2H3,(H,23,29). The summed E-state index contributed by atoms with van der Waals surface area (Å²) in [6, 6.07) is 16.6. The van der Waals surface area contributed by atoms with Crippen LogP contribution in [-0.2, 0) is 0 Å². The molecule has 1 N–H and O–H groups in total. The smallest absolute Gasteiger partial charge is 0.255 e. The van der Waals surface area contributed by atoms with E-state index in [-0.39, 0.29) is 5.91 Å². The van der Waals surface area contributed by atoms with Gasteiger partial charge in [0, 0.05) is 11.3 Å². The number of benzene rings is 3. The average molecular weight is 430 g/mol. The van der Waals surface area contributed by atoms with Gasteiger partial charge in [-0.3, -0.25) is 4.79 Å². The van der Waals surface area contributed by atoms with Gasteiger partial charge in [-0.15, -0.1) is 10.2 Å². The molecule has 0 saturated carbocycles. The third-order valence-corrected chi connectivity index (χ3v) is 5.43. The van der Waals surface area contributed by atoms with Crippen LogP contribution in [0.3, 0.4) is 0 Å². The lowest BCUT2D eigenvalue weighted by Gasteiger charge is -2.08. The topological polar surface area (TPSA) is 94.8 Å². The third kappa shape index (κ3) is 3.71. The van der Waals surface area contributed by atoms with Crippen LogP contribution < -0.4 is 10.1 Å². The SMILES string of the molecule is CCOc1ccc(-n2nc3cc(C)c(NC(=O)c4ccc5nsnc5c4)cc3n2)cc1. The van der Waals surface area contributed by atoms with E-state index in [0.29, 0.717) is 28.9 Å². The largest absolute Gasteiger partial charge is 0.494 e. The minimum Gasteiger partial charge on any atom is -0.494 e. The summed E-state index contributed by atoms with van der Waals surface area (Å²) in [6.07, 6.45) is 0. The molecule has 3 aromatic carbocycles. The van der Waals surface area contributed by atoms with Gasteiger partial charge in [0.05, 0.1) is 24.0 Å². The van der Waals surface area contributed by atoms with Gasteiger partial charge in [-0.05, 0) is 74.0 Å². The zero-order chi connectivity index (χ0) is 21.4. The molecule has 5 rings (SSSR count). The quantitative estimate of drug-likeness (QED) is 0.444. The van der Waals surface area contributed by atoms with Crippen LogP contribution in [0.4, 0.5) is 5.69 Å². The van der Waals surface area contributed by atoms with E-state index < -0.39 is 0 Å². The van der Waals surface area contributed by atoms with Crippen LogP contribution in [-0.4, -0.2) is 36.3 Å². The number of aromatic nitrogens is 5. The molecule has 9 heteroatoms. The first-order valence-electron chi connectivity index (χ1n) is 9.75. The summed E-state index contributed by atoms with van der Waals surface area (Å²) in [5, 5.41) is 12.1. The monoisotopic (exact) mass is 430 g/mol. The van der Waals surface area contributed by atoms with Crippen LogP contribution in [0, 0.1) is 6.92 Å². The van der Waals surface area contributed by atoms with E-state index in [1.54, 1.807) is 23.0 Å². The fourth-order valence-corrected chi connectivity index (χ4v) is 3.80. The summed E-state index contributed by atoms with van der Waals surface area (Å²) in [4.78, 5) is 14.3. The number of hydrogen-bond acceptors (Lipinski definition) is 7. The second-order valence-electron chi connectivity index (χ2n) is 6.99. The number of aryl methyl sites for hydroxylation is 1. The molecular weight excluding hydrogens is 412 g/mol. The van der Waals surface area contributed by atoms with Crippen LogP contribution in [0.25, 0.3) is 27.8 Å². The minimum atomic E-state index is -0.212. The molecule has 0 aliphatic rings. The highest BCUT2D eigenvalue weighted by molar-refractivity contribution is 7.00. The molecule has 0 bridgehead atoms. The third-order valence-electron chi connectivity index (χ3n) is 4.87. The molecule has 0 aliphatic carbocycles. The molecule has 8 nitrogen and oxygen atoms in total. The maximum Gasteiger partial charge on any atom is 0.255 e. The number of fused-ring (bicyclic) bond motifs is 2. The predicted octanol–water partition coefficient (Wildman–Crippen LogP) is 4.38. The van der Waals surface area contributed by atoms with Gasteiger partial charge in [0.15, 0.2) is 0 Å². The van der Waals surface area contributed by atoms with Gasteiger partial charge in [-0.1, -0.05) is 0 Å². The van der Waals surface area contributed by atoms with Crippen molar-refractivity contribution in [2.45, 2.75) is 13.8 Å². The summed E-state index contributed by atoms with van der Waals surface area (Å²) in [5.74, 6) is 0.590. The molecule has 0 radical (unpaired) electrons. The summed E-state index contributed by atoms with van der Waals surface area (Å²) in [6.45, 7) is 4.49. The summed E-state index contributed by atoms with van der Waals surface area (Å²) in [5.41, 5.74) is 5.87. The maximum atomic E-state index is 12.8. The Morgan fingerprint density at radius 3 is 2.48 bits per heavy atom. The predicted molar refractivity (Wildman–Crippen MR) is 120 cm³/mol.